The topological polar surface area (TPSA) is 42.0 Å². The largest absolute Gasteiger partial charge is 0.321 e. The molecule has 3 nitrogen and oxygen atoms in total. The van der Waals surface area contributed by atoms with Gasteiger partial charge in [0, 0.05) is 10.2 Å². The molecular weight excluding hydrogens is 374 g/mol. The van der Waals surface area contributed by atoms with Crippen LogP contribution < -0.4 is 5.32 Å². The number of amides is 1. The minimum absolute atomic E-state index is 0.0632. The first-order chi connectivity index (χ1) is 8.97. The van der Waals surface area contributed by atoms with Gasteiger partial charge >= 0.3 is 0 Å². The first-order valence-electron chi connectivity index (χ1n) is 5.06. The predicted octanol–water partition coefficient (Wildman–Crippen LogP) is 5.06. The van der Waals surface area contributed by atoms with Crippen LogP contribution in [0.1, 0.15) is 10.5 Å². The van der Waals surface area contributed by atoms with Gasteiger partial charge in [-0.15, -0.1) is 0 Å². The number of carbonyl (C=O) groups is 1. The standard InChI is InChI=1S/C12H6BrCl3N2O/c13-7-2-1-6(5-9(7)15)17-12(19)11-8(14)3-4-10(16)18-11/h1-5H,(H,17,19). The van der Waals surface area contributed by atoms with Gasteiger partial charge in [0.25, 0.3) is 5.91 Å². The smallest absolute Gasteiger partial charge is 0.275 e. The molecule has 0 atom stereocenters. The van der Waals surface area contributed by atoms with Gasteiger partial charge in [-0.25, -0.2) is 4.98 Å². The summed E-state index contributed by atoms with van der Waals surface area (Å²) in [6, 6.07) is 8.07. The SMILES string of the molecule is O=C(Nc1ccc(Br)c(Cl)c1)c1nc(Cl)ccc1Cl. The molecule has 19 heavy (non-hydrogen) atoms. The number of pyridine rings is 1. The van der Waals surface area contributed by atoms with Crippen LogP contribution in [0.3, 0.4) is 0 Å². The van der Waals surface area contributed by atoms with Crippen LogP contribution >= 0.6 is 50.7 Å². The van der Waals surface area contributed by atoms with Gasteiger partial charge in [0.05, 0.1) is 10.0 Å². The second-order valence-electron chi connectivity index (χ2n) is 3.55. The first kappa shape index (κ1) is 14.6. The number of hydrogen-bond acceptors (Lipinski definition) is 2. The van der Waals surface area contributed by atoms with Crippen molar-refractivity contribution in [3.63, 3.8) is 0 Å². The van der Waals surface area contributed by atoms with Crippen LogP contribution in [0.2, 0.25) is 15.2 Å². The molecule has 0 unspecified atom stereocenters. The molecule has 0 spiro atoms. The Balaban J connectivity index is 2.25. The van der Waals surface area contributed by atoms with E-state index in [-0.39, 0.29) is 15.9 Å². The minimum atomic E-state index is -0.453. The second-order valence-corrected chi connectivity index (χ2v) is 5.60. The number of benzene rings is 1. The summed E-state index contributed by atoms with van der Waals surface area (Å²) in [4.78, 5) is 15.9. The molecular formula is C12H6BrCl3N2O. The average Bonchev–Trinajstić information content (AvgIpc) is 2.36. The number of halogens is 4. The Hall–Kier alpha value is -0.810. The molecule has 0 aliphatic heterocycles. The summed E-state index contributed by atoms with van der Waals surface area (Å²) in [5.74, 6) is -0.453. The molecule has 0 saturated carbocycles. The van der Waals surface area contributed by atoms with Gasteiger partial charge < -0.3 is 5.32 Å². The predicted molar refractivity (Wildman–Crippen MR) is 81.4 cm³/mol. The third-order valence-electron chi connectivity index (χ3n) is 2.20. The Morgan fingerprint density at radius 2 is 1.84 bits per heavy atom. The van der Waals surface area contributed by atoms with Crippen LogP contribution in [-0.4, -0.2) is 10.9 Å². The second kappa shape index (κ2) is 6.09. The summed E-state index contributed by atoms with van der Waals surface area (Å²) in [7, 11) is 0. The zero-order valence-electron chi connectivity index (χ0n) is 9.25. The van der Waals surface area contributed by atoms with Crippen LogP contribution in [0, 0.1) is 0 Å². The third kappa shape index (κ3) is 3.60. The maximum atomic E-state index is 12.0. The van der Waals surface area contributed by atoms with E-state index in [1.807, 2.05) is 0 Å². The van der Waals surface area contributed by atoms with Crippen LogP contribution in [0.4, 0.5) is 5.69 Å². The van der Waals surface area contributed by atoms with E-state index in [9.17, 15) is 4.79 Å². The molecule has 1 aromatic carbocycles. The molecule has 0 aliphatic carbocycles. The Bertz CT molecular complexity index is 649. The van der Waals surface area contributed by atoms with E-state index in [1.54, 1.807) is 18.2 Å². The lowest BCUT2D eigenvalue weighted by Gasteiger charge is -2.07. The van der Waals surface area contributed by atoms with Crippen molar-refractivity contribution in [3.8, 4) is 0 Å². The van der Waals surface area contributed by atoms with E-state index in [1.165, 1.54) is 12.1 Å². The van der Waals surface area contributed by atoms with Gasteiger partial charge in [0.1, 0.15) is 10.8 Å². The molecule has 0 saturated heterocycles. The van der Waals surface area contributed by atoms with Crippen LogP contribution in [-0.2, 0) is 0 Å². The van der Waals surface area contributed by atoms with Gasteiger partial charge in [-0.2, -0.15) is 0 Å². The van der Waals surface area contributed by atoms with Crippen molar-refractivity contribution in [2.75, 3.05) is 5.32 Å². The molecule has 7 heteroatoms. The molecule has 0 fully saturated rings. The number of nitrogens with zero attached hydrogens (tertiary/aromatic N) is 1. The third-order valence-corrected chi connectivity index (χ3v) is 3.95. The number of anilines is 1. The average molecular weight is 380 g/mol. The Morgan fingerprint density at radius 3 is 2.53 bits per heavy atom. The van der Waals surface area contributed by atoms with Crippen LogP contribution in [0.5, 0.6) is 0 Å². The molecule has 0 bridgehead atoms. The highest BCUT2D eigenvalue weighted by atomic mass is 79.9. The monoisotopic (exact) mass is 378 g/mol. The molecule has 2 aromatic rings. The summed E-state index contributed by atoms with van der Waals surface area (Å²) >= 11 is 20.8. The van der Waals surface area contributed by atoms with E-state index in [0.717, 1.165) is 4.47 Å². The lowest BCUT2D eigenvalue weighted by Crippen LogP contribution is -2.14. The zero-order valence-corrected chi connectivity index (χ0v) is 13.1. The van der Waals surface area contributed by atoms with Gasteiger partial charge in [-0.05, 0) is 46.3 Å². The maximum absolute atomic E-state index is 12.0. The van der Waals surface area contributed by atoms with E-state index in [2.05, 4.69) is 26.2 Å². The van der Waals surface area contributed by atoms with Gasteiger partial charge in [0.15, 0.2) is 0 Å². The minimum Gasteiger partial charge on any atom is -0.321 e. The van der Waals surface area contributed by atoms with Gasteiger partial charge in [0.2, 0.25) is 0 Å². The highest BCUT2D eigenvalue weighted by molar-refractivity contribution is 9.10. The van der Waals surface area contributed by atoms with Crippen LogP contribution in [0.25, 0.3) is 0 Å². The lowest BCUT2D eigenvalue weighted by atomic mass is 10.3. The number of rotatable bonds is 2. The summed E-state index contributed by atoms with van der Waals surface area (Å²) in [5, 5.41) is 3.56. The van der Waals surface area contributed by atoms with Crippen molar-refractivity contribution in [3.05, 3.63) is 55.7 Å². The lowest BCUT2D eigenvalue weighted by molar-refractivity contribution is 0.102. The molecule has 1 heterocycles. The van der Waals surface area contributed by atoms with Gasteiger partial charge in [-0.3, -0.25) is 4.79 Å². The summed E-state index contributed by atoms with van der Waals surface area (Å²) in [6.45, 7) is 0. The van der Waals surface area contributed by atoms with E-state index in [4.69, 9.17) is 34.8 Å². The fraction of sp³-hybridized carbons (Fsp3) is 0. The van der Waals surface area contributed by atoms with Crippen molar-refractivity contribution in [2.45, 2.75) is 0 Å². The molecule has 1 aromatic heterocycles. The van der Waals surface area contributed by atoms with Crippen LogP contribution in [0.15, 0.2) is 34.8 Å². The fourth-order valence-corrected chi connectivity index (χ4v) is 2.11. The van der Waals surface area contributed by atoms with Crippen molar-refractivity contribution >= 4 is 62.3 Å². The van der Waals surface area contributed by atoms with Crippen molar-refractivity contribution in [2.24, 2.45) is 0 Å². The van der Waals surface area contributed by atoms with Crippen molar-refractivity contribution < 1.29 is 4.79 Å². The molecule has 1 N–H and O–H groups in total. The van der Waals surface area contributed by atoms with E-state index in [0.29, 0.717) is 10.7 Å². The quantitative estimate of drug-likeness (QED) is 0.740. The van der Waals surface area contributed by atoms with E-state index < -0.39 is 5.91 Å². The first-order valence-corrected chi connectivity index (χ1v) is 6.98. The summed E-state index contributed by atoms with van der Waals surface area (Å²) in [6.07, 6.45) is 0. The van der Waals surface area contributed by atoms with Gasteiger partial charge in [-0.1, -0.05) is 34.8 Å². The molecule has 2 rings (SSSR count). The highest BCUT2D eigenvalue weighted by Crippen LogP contribution is 2.26. The maximum Gasteiger partial charge on any atom is 0.275 e. The highest BCUT2D eigenvalue weighted by Gasteiger charge is 2.13. The number of aromatic nitrogens is 1. The zero-order chi connectivity index (χ0) is 14.0. The summed E-state index contributed by atoms with van der Waals surface area (Å²) < 4.78 is 0.742. The fourth-order valence-electron chi connectivity index (χ4n) is 1.34. The number of carbonyl (C=O) groups excluding carboxylic acids is 1. The number of nitrogens with one attached hydrogen (secondary N) is 1. The van der Waals surface area contributed by atoms with Crippen molar-refractivity contribution in [1.82, 2.24) is 4.98 Å². The Morgan fingerprint density at radius 1 is 1.11 bits per heavy atom. The Labute approximate surface area is 133 Å². The molecule has 98 valence electrons. The normalized spacial score (nSPS) is 10.3. The Kier molecular flexibility index (Phi) is 4.68. The molecule has 0 radical (unpaired) electrons. The van der Waals surface area contributed by atoms with Crippen molar-refractivity contribution in [1.29, 1.82) is 0 Å². The molecule has 1 amide bonds. The molecule has 0 aliphatic rings. The number of hydrogen-bond donors (Lipinski definition) is 1. The van der Waals surface area contributed by atoms with E-state index >= 15 is 0 Å². The summed E-state index contributed by atoms with van der Waals surface area (Å²) in [5.41, 5.74) is 0.601.